The summed E-state index contributed by atoms with van der Waals surface area (Å²) in [6, 6.07) is 4.64. The fraction of sp³-hybridized carbons (Fsp3) is 0.526. The number of nitrogens with zero attached hydrogens (tertiary/aromatic N) is 1. The Morgan fingerprint density at radius 1 is 1.26 bits per heavy atom. The fourth-order valence-electron chi connectivity index (χ4n) is 2.38. The predicted octanol–water partition coefficient (Wildman–Crippen LogP) is 2.88. The van der Waals surface area contributed by atoms with E-state index in [1.165, 1.54) is 0 Å². The van der Waals surface area contributed by atoms with Gasteiger partial charge in [0.05, 0.1) is 12.6 Å². The zero-order valence-electron chi connectivity index (χ0n) is 16.5. The molecule has 0 saturated heterocycles. The lowest BCUT2D eigenvalue weighted by Crippen LogP contribution is -2.46. The summed E-state index contributed by atoms with van der Waals surface area (Å²) in [6.45, 7) is 9.93. The van der Waals surface area contributed by atoms with E-state index in [0.29, 0.717) is 22.7 Å². The van der Waals surface area contributed by atoms with Crippen LogP contribution >= 0.6 is 12.4 Å². The number of carbonyl (C=O) groups is 2. The molecule has 2 aromatic rings. The Bertz CT molecular complexity index is 796. The van der Waals surface area contributed by atoms with Crippen molar-refractivity contribution in [2.75, 3.05) is 11.9 Å². The highest BCUT2D eigenvalue weighted by molar-refractivity contribution is 5.96. The highest BCUT2D eigenvalue weighted by Gasteiger charge is 2.18. The number of hydrogen-bond donors (Lipinski definition) is 3. The lowest BCUT2D eigenvalue weighted by atomic mass is 9.92. The molecule has 0 unspecified atom stereocenters. The summed E-state index contributed by atoms with van der Waals surface area (Å²) >= 11 is 0. The second kappa shape index (κ2) is 9.19. The van der Waals surface area contributed by atoms with Crippen molar-refractivity contribution < 1.29 is 14.0 Å². The molecule has 0 bridgehead atoms. The van der Waals surface area contributed by atoms with Crippen molar-refractivity contribution in [2.45, 2.75) is 47.1 Å². The molecule has 27 heavy (non-hydrogen) atoms. The minimum absolute atomic E-state index is 0. The standard InChI is InChI=1S/C19H28N4O3.ClH/c1-11(2)17(20)18(25)21-10-15(24)22-12-6-7-14-13(8-12)23-16(26-14)9-19(3,4)5;/h6-8,11,17H,9-10,20H2,1-5H3,(H,21,25)(H,22,24);1H/t17-;/m0./s1. The van der Waals surface area contributed by atoms with Gasteiger partial charge in [0.25, 0.3) is 0 Å². The third kappa shape index (κ3) is 6.84. The minimum Gasteiger partial charge on any atom is -0.441 e. The van der Waals surface area contributed by atoms with Gasteiger partial charge in [0.15, 0.2) is 11.5 Å². The summed E-state index contributed by atoms with van der Waals surface area (Å²) < 4.78 is 5.74. The Kier molecular flexibility index (Phi) is 7.80. The van der Waals surface area contributed by atoms with E-state index in [-0.39, 0.29) is 42.1 Å². The molecular formula is C19H29ClN4O3. The lowest BCUT2D eigenvalue weighted by molar-refractivity contribution is -0.125. The van der Waals surface area contributed by atoms with E-state index >= 15 is 0 Å². The molecule has 1 aromatic carbocycles. The van der Waals surface area contributed by atoms with E-state index in [4.69, 9.17) is 10.2 Å². The van der Waals surface area contributed by atoms with Gasteiger partial charge in [-0.05, 0) is 29.5 Å². The molecule has 8 heteroatoms. The molecule has 1 heterocycles. The van der Waals surface area contributed by atoms with E-state index < -0.39 is 6.04 Å². The van der Waals surface area contributed by atoms with Gasteiger partial charge in [-0.25, -0.2) is 4.98 Å². The lowest BCUT2D eigenvalue weighted by Gasteiger charge is -2.15. The van der Waals surface area contributed by atoms with Crippen molar-refractivity contribution in [3.8, 4) is 0 Å². The molecule has 7 nitrogen and oxygen atoms in total. The van der Waals surface area contributed by atoms with Crippen LogP contribution in [-0.4, -0.2) is 29.4 Å². The van der Waals surface area contributed by atoms with Crippen LogP contribution in [0.2, 0.25) is 0 Å². The molecule has 0 radical (unpaired) electrons. The molecule has 0 aliphatic heterocycles. The van der Waals surface area contributed by atoms with Crippen LogP contribution in [0, 0.1) is 11.3 Å². The fourth-order valence-corrected chi connectivity index (χ4v) is 2.38. The first-order chi connectivity index (χ1) is 12.0. The molecule has 1 aromatic heterocycles. The molecule has 4 N–H and O–H groups in total. The summed E-state index contributed by atoms with van der Waals surface area (Å²) in [5, 5.41) is 5.28. The van der Waals surface area contributed by atoms with E-state index in [1.807, 2.05) is 13.8 Å². The molecule has 0 fully saturated rings. The van der Waals surface area contributed by atoms with Crippen LogP contribution in [-0.2, 0) is 16.0 Å². The van der Waals surface area contributed by atoms with Crippen molar-refractivity contribution in [3.63, 3.8) is 0 Å². The van der Waals surface area contributed by atoms with Crippen LogP contribution in [0.5, 0.6) is 0 Å². The largest absolute Gasteiger partial charge is 0.441 e. The van der Waals surface area contributed by atoms with Gasteiger partial charge in [-0.15, -0.1) is 12.4 Å². The van der Waals surface area contributed by atoms with Crippen LogP contribution in [0.3, 0.4) is 0 Å². The Hall–Kier alpha value is -2.12. The molecule has 2 amide bonds. The zero-order chi connectivity index (χ0) is 19.5. The number of rotatable bonds is 6. The summed E-state index contributed by atoms with van der Waals surface area (Å²) in [4.78, 5) is 28.3. The Morgan fingerprint density at radius 3 is 2.52 bits per heavy atom. The molecule has 0 aliphatic carbocycles. The smallest absolute Gasteiger partial charge is 0.243 e. The number of fused-ring (bicyclic) bond motifs is 1. The molecule has 0 spiro atoms. The average molecular weight is 397 g/mol. The topological polar surface area (TPSA) is 110 Å². The number of carbonyl (C=O) groups excluding carboxylic acids is 2. The maximum Gasteiger partial charge on any atom is 0.243 e. The Morgan fingerprint density at radius 2 is 1.93 bits per heavy atom. The molecular weight excluding hydrogens is 368 g/mol. The van der Waals surface area contributed by atoms with Crippen molar-refractivity contribution in [1.29, 1.82) is 0 Å². The number of aromatic nitrogens is 1. The van der Waals surface area contributed by atoms with E-state index in [9.17, 15) is 9.59 Å². The van der Waals surface area contributed by atoms with Crippen LogP contribution in [0.25, 0.3) is 11.1 Å². The van der Waals surface area contributed by atoms with Gasteiger partial charge < -0.3 is 20.8 Å². The predicted molar refractivity (Wildman–Crippen MR) is 109 cm³/mol. The van der Waals surface area contributed by atoms with Gasteiger partial charge in [0.1, 0.15) is 5.52 Å². The Labute approximate surface area is 165 Å². The number of nitrogens with two attached hydrogens (primary N) is 1. The van der Waals surface area contributed by atoms with Gasteiger partial charge >= 0.3 is 0 Å². The SMILES string of the molecule is CC(C)[C@H](N)C(=O)NCC(=O)Nc1ccc2oc(CC(C)(C)C)nc2c1.Cl. The number of nitrogens with one attached hydrogen (secondary N) is 2. The second-order valence-electron chi connectivity index (χ2n) is 8.06. The van der Waals surface area contributed by atoms with Crippen molar-refractivity contribution in [1.82, 2.24) is 10.3 Å². The third-order valence-corrected chi connectivity index (χ3v) is 3.84. The van der Waals surface area contributed by atoms with Gasteiger partial charge in [-0.3, -0.25) is 9.59 Å². The van der Waals surface area contributed by atoms with Gasteiger partial charge in [-0.2, -0.15) is 0 Å². The van der Waals surface area contributed by atoms with Crippen LogP contribution in [0.1, 0.15) is 40.5 Å². The highest BCUT2D eigenvalue weighted by Crippen LogP contribution is 2.25. The molecule has 0 aliphatic rings. The van der Waals surface area contributed by atoms with Gasteiger partial charge in [0.2, 0.25) is 11.8 Å². The quantitative estimate of drug-likeness (QED) is 0.695. The third-order valence-electron chi connectivity index (χ3n) is 3.84. The van der Waals surface area contributed by atoms with Crippen LogP contribution in [0.15, 0.2) is 22.6 Å². The highest BCUT2D eigenvalue weighted by atomic mass is 35.5. The number of hydrogen-bond acceptors (Lipinski definition) is 5. The van der Waals surface area contributed by atoms with Crippen molar-refractivity contribution in [3.05, 3.63) is 24.1 Å². The van der Waals surface area contributed by atoms with Crippen molar-refractivity contribution in [2.24, 2.45) is 17.1 Å². The first kappa shape index (κ1) is 22.9. The van der Waals surface area contributed by atoms with E-state index in [1.54, 1.807) is 18.2 Å². The number of amides is 2. The van der Waals surface area contributed by atoms with E-state index in [2.05, 4.69) is 36.4 Å². The molecule has 150 valence electrons. The van der Waals surface area contributed by atoms with Gasteiger partial charge in [0, 0.05) is 12.1 Å². The number of oxazole rings is 1. The number of anilines is 1. The number of halogens is 1. The first-order valence-electron chi connectivity index (χ1n) is 8.78. The maximum atomic E-state index is 12.0. The van der Waals surface area contributed by atoms with Crippen molar-refractivity contribution >= 4 is 41.0 Å². The summed E-state index contributed by atoms with van der Waals surface area (Å²) in [5.41, 5.74) is 7.79. The summed E-state index contributed by atoms with van der Waals surface area (Å²) in [6.07, 6.45) is 0.728. The number of benzene rings is 1. The summed E-state index contributed by atoms with van der Waals surface area (Å²) in [5.74, 6) is 0.0156. The first-order valence-corrected chi connectivity index (χ1v) is 8.78. The average Bonchev–Trinajstić information content (AvgIpc) is 2.90. The monoisotopic (exact) mass is 396 g/mol. The van der Waals surface area contributed by atoms with Crippen LogP contribution < -0.4 is 16.4 Å². The molecule has 1 atom stereocenters. The maximum absolute atomic E-state index is 12.0. The van der Waals surface area contributed by atoms with Gasteiger partial charge in [-0.1, -0.05) is 34.6 Å². The summed E-state index contributed by atoms with van der Waals surface area (Å²) in [7, 11) is 0. The zero-order valence-corrected chi connectivity index (χ0v) is 17.3. The molecule has 0 saturated carbocycles. The molecule has 2 rings (SSSR count). The minimum atomic E-state index is -0.629. The Balaban J connectivity index is 0.00000364. The second-order valence-corrected chi connectivity index (χ2v) is 8.06. The van der Waals surface area contributed by atoms with E-state index in [0.717, 1.165) is 6.42 Å². The van der Waals surface area contributed by atoms with Crippen LogP contribution in [0.4, 0.5) is 5.69 Å². The normalized spacial score (nSPS) is 12.6.